The zero-order chi connectivity index (χ0) is 25.1. The number of hydrogen-bond donors (Lipinski definition) is 1. The van der Waals surface area contributed by atoms with Crippen LogP contribution in [-0.2, 0) is 6.54 Å². The molecule has 8 nitrogen and oxygen atoms in total. The maximum Gasteiger partial charge on any atom is 0.254 e. The molecule has 3 heterocycles. The molecule has 0 aliphatic carbocycles. The van der Waals surface area contributed by atoms with E-state index >= 15 is 0 Å². The van der Waals surface area contributed by atoms with Crippen LogP contribution < -0.4 is 15.4 Å². The minimum Gasteiger partial charge on any atom is -0.368 e. The van der Waals surface area contributed by atoms with E-state index < -0.39 is 0 Å². The Morgan fingerprint density at radius 3 is 2.36 bits per heavy atom. The molecule has 2 aliphatic heterocycles. The van der Waals surface area contributed by atoms with Crippen molar-refractivity contribution >= 4 is 45.1 Å². The predicted molar refractivity (Wildman–Crippen MR) is 146 cm³/mol. The van der Waals surface area contributed by atoms with Crippen molar-refractivity contribution in [3.05, 3.63) is 85.7 Å². The van der Waals surface area contributed by atoms with Gasteiger partial charge in [-0.25, -0.2) is 4.98 Å². The fourth-order valence-electron chi connectivity index (χ4n) is 4.73. The van der Waals surface area contributed by atoms with Crippen LogP contribution in [0.3, 0.4) is 0 Å². The Morgan fingerprint density at radius 2 is 1.64 bits per heavy atom. The molecule has 1 amide bonds. The molecular weight excluding hydrogens is 544 g/mol. The number of carbonyl (C=O) groups excluding carboxylic acids is 1. The molecule has 188 valence electrons. The van der Waals surface area contributed by atoms with Gasteiger partial charge in [-0.05, 0) is 30.3 Å². The number of halogens is 2. The number of aromatic nitrogens is 2. The first kappa shape index (κ1) is 24.8. The molecule has 1 N–H and O–H groups in total. The molecule has 5 rings (SSSR count). The van der Waals surface area contributed by atoms with E-state index in [1.807, 2.05) is 52.3 Å². The monoisotopic (exact) mass is 570 g/mol. The van der Waals surface area contributed by atoms with Crippen molar-refractivity contribution in [2.45, 2.75) is 6.54 Å². The van der Waals surface area contributed by atoms with Crippen LogP contribution in [0.25, 0.3) is 0 Å². The van der Waals surface area contributed by atoms with E-state index in [2.05, 4.69) is 36.8 Å². The molecule has 2 aromatic carbocycles. The number of H-pyrrole nitrogens is 1. The van der Waals surface area contributed by atoms with Gasteiger partial charge in [0.1, 0.15) is 0 Å². The second-order valence-electron chi connectivity index (χ2n) is 9.06. The van der Waals surface area contributed by atoms with E-state index in [1.54, 1.807) is 6.07 Å². The number of benzene rings is 2. The number of anilines is 2. The highest BCUT2D eigenvalue weighted by Gasteiger charge is 2.24. The highest BCUT2D eigenvalue weighted by atomic mass is 79.9. The Hall–Kier alpha value is -2.88. The van der Waals surface area contributed by atoms with Crippen molar-refractivity contribution in [3.8, 4) is 0 Å². The molecule has 2 aliphatic rings. The van der Waals surface area contributed by atoms with Crippen LogP contribution in [0.1, 0.15) is 16.1 Å². The highest BCUT2D eigenvalue weighted by Crippen LogP contribution is 2.26. The first-order chi connectivity index (χ1) is 17.5. The molecule has 3 aromatic rings. The Balaban J connectivity index is 1.18. The van der Waals surface area contributed by atoms with E-state index in [0.717, 1.165) is 47.1 Å². The minimum atomic E-state index is -0.155. The highest BCUT2D eigenvalue weighted by molar-refractivity contribution is 9.10. The number of piperazine rings is 2. The number of para-hydroxylation sites is 1. The van der Waals surface area contributed by atoms with E-state index in [4.69, 9.17) is 16.6 Å². The molecule has 10 heteroatoms. The summed E-state index contributed by atoms with van der Waals surface area (Å²) in [6.07, 6.45) is 0. The molecule has 0 saturated carbocycles. The van der Waals surface area contributed by atoms with Crippen molar-refractivity contribution < 1.29 is 4.79 Å². The van der Waals surface area contributed by atoms with Crippen LogP contribution in [0.2, 0.25) is 5.02 Å². The summed E-state index contributed by atoms with van der Waals surface area (Å²) in [7, 11) is 0. The minimum absolute atomic E-state index is 0.0158. The second kappa shape index (κ2) is 11.0. The zero-order valence-electron chi connectivity index (χ0n) is 19.9. The van der Waals surface area contributed by atoms with E-state index in [0.29, 0.717) is 44.2 Å². The van der Waals surface area contributed by atoms with E-state index in [-0.39, 0.29) is 11.5 Å². The molecule has 0 unspecified atom stereocenters. The average Bonchev–Trinajstić information content (AvgIpc) is 2.89. The topological polar surface area (TPSA) is 75.8 Å². The molecule has 2 fully saturated rings. The first-order valence-corrected chi connectivity index (χ1v) is 13.3. The van der Waals surface area contributed by atoms with Gasteiger partial charge in [-0.1, -0.05) is 45.7 Å². The van der Waals surface area contributed by atoms with Gasteiger partial charge in [0.05, 0.1) is 16.4 Å². The fraction of sp³-hybridized carbons (Fsp3) is 0.346. The average molecular weight is 572 g/mol. The summed E-state index contributed by atoms with van der Waals surface area (Å²) >= 11 is 9.79. The number of amides is 1. The molecule has 0 radical (unpaired) electrons. The van der Waals surface area contributed by atoms with Gasteiger partial charge in [-0.2, -0.15) is 0 Å². The van der Waals surface area contributed by atoms with E-state index in [1.165, 1.54) is 0 Å². The summed E-state index contributed by atoms with van der Waals surface area (Å²) in [6.45, 7) is 6.46. The lowest BCUT2D eigenvalue weighted by Gasteiger charge is -2.36. The Labute approximate surface area is 223 Å². The van der Waals surface area contributed by atoms with Gasteiger partial charge in [0, 0.05) is 75.0 Å². The third-order valence-electron chi connectivity index (χ3n) is 6.67. The fourth-order valence-corrected chi connectivity index (χ4v) is 5.39. The van der Waals surface area contributed by atoms with Crippen molar-refractivity contribution in [2.24, 2.45) is 0 Å². The van der Waals surface area contributed by atoms with Crippen molar-refractivity contribution in [2.75, 3.05) is 62.2 Å². The Kier molecular flexibility index (Phi) is 7.59. The quantitative estimate of drug-likeness (QED) is 0.506. The van der Waals surface area contributed by atoms with Crippen LogP contribution >= 0.6 is 27.5 Å². The van der Waals surface area contributed by atoms with E-state index in [9.17, 15) is 9.59 Å². The lowest BCUT2D eigenvalue weighted by Crippen LogP contribution is -2.49. The summed E-state index contributed by atoms with van der Waals surface area (Å²) in [5.74, 6) is 0.587. The molecule has 1 aromatic heterocycles. The molecule has 2 saturated heterocycles. The second-order valence-corrected chi connectivity index (χ2v) is 10.4. The summed E-state index contributed by atoms with van der Waals surface area (Å²) < 4.78 is 0.885. The van der Waals surface area contributed by atoms with Crippen molar-refractivity contribution in [1.29, 1.82) is 0 Å². The largest absolute Gasteiger partial charge is 0.368 e. The van der Waals surface area contributed by atoms with Crippen LogP contribution in [0.4, 0.5) is 11.6 Å². The van der Waals surface area contributed by atoms with Gasteiger partial charge in [-0.3, -0.25) is 19.5 Å². The molecule has 0 atom stereocenters. The first-order valence-electron chi connectivity index (χ1n) is 12.1. The van der Waals surface area contributed by atoms with Gasteiger partial charge in [0.25, 0.3) is 11.5 Å². The smallest absolute Gasteiger partial charge is 0.254 e. The van der Waals surface area contributed by atoms with Gasteiger partial charge in [0.15, 0.2) is 0 Å². The standard InChI is InChI=1S/C26H28BrClN6O2/c27-20-5-3-4-19(16-20)25(36)33-12-14-34(15-13-33)26-29-21(17-24(35)30-26)18-31-8-10-32(11-9-31)23-7-2-1-6-22(23)28/h1-7,16-17H,8-15,18H2,(H,29,30,35). The number of nitrogens with one attached hydrogen (secondary N) is 1. The number of nitrogens with zero attached hydrogens (tertiary/aromatic N) is 5. The summed E-state index contributed by atoms with van der Waals surface area (Å²) in [6, 6.07) is 16.9. The number of rotatable bonds is 5. The summed E-state index contributed by atoms with van der Waals surface area (Å²) in [5.41, 5.74) is 2.33. The predicted octanol–water partition coefficient (Wildman–Crippen LogP) is 3.47. The lowest BCUT2D eigenvalue weighted by atomic mass is 10.2. The SMILES string of the molecule is O=C(c1cccc(Br)c1)N1CCN(c2nc(CN3CCN(c4ccccc4Cl)CC3)cc(=O)[nH]2)CC1. The van der Waals surface area contributed by atoms with Crippen LogP contribution in [0, 0.1) is 0 Å². The summed E-state index contributed by atoms with van der Waals surface area (Å²) in [5, 5.41) is 0.769. The maximum absolute atomic E-state index is 12.9. The summed E-state index contributed by atoms with van der Waals surface area (Å²) in [4.78, 5) is 41.4. The Morgan fingerprint density at radius 1 is 0.917 bits per heavy atom. The van der Waals surface area contributed by atoms with Crippen molar-refractivity contribution in [1.82, 2.24) is 19.8 Å². The van der Waals surface area contributed by atoms with Gasteiger partial charge >= 0.3 is 0 Å². The van der Waals surface area contributed by atoms with Crippen LogP contribution in [0.15, 0.2) is 63.9 Å². The van der Waals surface area contributed by atoms with Crippen molar-refractivity contribution in [3.63, 3.8) is 0 Å². The Bertz CT molecular complexity index is 1290. The van der Waals surface area contributed by atoms with Crippen LogP contribution in [0.5, 0.6) is 0 Å². The molecular formula is C26H28BrClN6O2. The molecule has 36 heavy (non-hydrogen) atoms. The number of hydrogen-bond acceptors (Lipinski definition) is 6. The van der Waals surface area contributed by atoms with Crippen LogP contribution in [-0.4, -0.2) is 78.0 Å². The number of carbonyl (C=O) groups is 1. The van der Waals surface area contributed by atoms with Gasteiger partial charge in [0.2, 0.25) is 5.95 Å². The third kappa shape index (κ3) is 5.74. The third-order valence-corrected chi connectivity index (χ3v) is 7.48. The lowest BCUT2D eigenvalue weighted by molar-refractivity contribution is 0.0746. The van der Waals surface area contributed by atoms with Gasteiger partial charge in [-0.15, -0.1) is 0 Å². The maximum atomic E-state index is 12.9. The van der Waals surface area contributed by atoms with Gasteiger partial charge < -0.3 is 14.7 Å². The molecule has 0 spiro atoms. The normalized spacial score (nSPS) is 16.9. The number of aromatic amines is 1. The molecule has 0 bridgehead atoms. The zero-order valence-corrected chi connectivity index (χ0v) is 22.2.